The number of H-pyrrole nitrogens is 1. The summed E-state index contributed by atoms with van der Waals surface area (Å²) in [5.41, 5.74) is 5.61. The van der Waals surface area contributed by atoms with E-state index in [9.17, 15) is 4.79 Å². The van der Waals surface area contributed by atoms with Gasteiger partial charge in [-0.25, -0.2) is 4.98 Å². The number of nitrogens with two attached hydrogens (primary N) is 1. The topological polar surface area (TPSA) is 130 Å². The van der Waals surface area contributed by atoms with Gasteiger partial charge in [-0.1, -0.05) is 0 Å². The van der Waals surface area contributed by atoms with Crippen LogP contribution in [-0.2, 0) is 0 Å². The van der Waals surface area contributed by atoms with E-state index in [0.29, 0.717) is 5.65 Å². The number of aliphatic hydroxyl groups is 2. The van der Waals surface area contributed by atoms with Crippen molar-refractivity contribution in [2.45, 2.75) is 13.0 Å². The van der Waals surface area contributed by atoms with Crippen LogP contribution in [0.5, 0.6) is 0 Å². The third-order valence-corrected chi connectivity index (χ3v) is 3.04. The van der Waals surface area contributed by atoms with E-state index in [1.54, 1.807) is 11.5 Å². The maximum absolute atomic E-state index is 11.6. The maximum atomic E-state index is 11.6. The average molecular weight is 253 g/mol. The fourth-order valence-electron chi connectivity index (χ4n) is 1.83. The Hall–Kier alpha value is -1.93. The molecule has 18 heavy (non-hydrogen) atoms. The van der Waals surface area contributed by atoms with Crippen molar-refractivity contribution in [1.82, 2.24) is 19.5 Å². The van der Waals surface area contributed by atoms with Gasteiger partial charge in [-0.15, -0.1) is 0 Å². The molecule has 98 valence electrons. The average Bonchev–Trinajstić information content (AvgIpc) is 2.74. The van der Waals surface area contributed by atoms with Gasteiger partial charge in [0, 0.05) is 12.0 Å². The monoisotopic (exact) mass is 253 g/mol. The summed E-state index contributed by atoms with van der Waals surface area (Å²) < 4.78 is 1.62. The van der Waals surface area contributed by atoms with Crippen LogP contribution in [0, 0.1) is 5.92 Å². The highest BCUT2D eigenvalue weighted by Gasteiger charge is 2.20. The number of hydrogen-bond donors (Lipinski definition) is 4. The van der Waals surface area contributed by atoms with E-state index < -0.39 is 5.56 Å². The number of rotatable bonds is 4. The predicted octanol–water partition coefficient (Wildman–Crippen LogP) is -1.14. The summed E-state index contributed by atoms with van der Waals surface area (Å²) in [6.07, 6.45) is 1.45. The molecule has 2 aromatic rings. The summed E-state index contributed by atoms with van der Waals surface area (Å²) >= 11 is 0. The van der Waals surface area contributed by atoms with E-state index in [1.807, 2.05) is 0 Å². The summed E-state index contributed by atoms with van der Waals surface area (Å²) in [4.78, 5) is 22.0. The quantitative estimate of drug-likeness (QED) is 0.545. The normalized spacial score (nSPS) is 13.3. The first kappa shape index (κ1) is 12.5. The van der Waals surface area contributed by atoms with Crippen LogP contribution < -0.4 is 11.3 Å². The summed E-state index contributed by atoms with van der Waals surface area (Å²) in [6.45, 7) is 1.46. The molecule has 8 nitrogen and oxygen atoms in total. The minimum absolute atomic E-state index is 0.00555. The Balaban J connectivity index is 2.55. The van der Waals surface area contributed by atoms with Crippen LogP contribution >= 0.6 is 0 Å². The number of nitrogens with one attached hydrogen (secondary N) is 1. The molecule has 0 bridgehead atoms. The Labute approximate surface area is 102 Å². The van der Waals surface area contributed by atoms with Crippen molar-refractivity contribution in [2.75, 3.05) is 18.9 Å². The van der Waals surface area contributed by atoms with Gasteiger partial charge in [-0.2, -0.15) is 4.98 Å². The summed E-state index contributed by atoms with van der Waals surface area (Å²) in [6, 6.07) is -0.251. The van der Waals surface area contributed by atoms with Crippen LogP contribution in [0.25, 0.3) is 11.2 Å². The molecule has 5 N–H and O–H groups in total. The van der Waals surface area contributed by atoms with Crippen LogP contribution in [-0.4, -0.2) is 42.9 Å². The Bertz CT molecular complexity index is 601. The minimum atomic E-state index is -0.409. The first-order valence-corrected chi connectivity index (χ1v) is 5.52. The maximum Gasteiger partial charge on any atom is 0.280 e. The van der Waals surface area contributed by atoms with Crippen LogP contribution in [0.4, 0.5) is 5.95 Å². The lowest BCUT2D eigenvalue weighted by Crippen LogP contribution is -2.23. The number of imidazole rings is 1. The van der Waals surface area contributed by atoms with Gasteiger partial charge in [0.15, 0.2) is 11.2 Å². The molecule has 0 saturated heterocycles. The van der Waals surface area contributed by atoms with E-state index in [1.165, 1.54) is 6.33 Å². The number of hydrogen-bond acceptors (Lipinski definition) is 6. The van der Waals surface area contributed by atoms with Gasteiger partial charge in [-0.05, 0) is 6.92 Å². The molecule has 1 unspecified atom stereocenters. The molecule has 2 aromatic heterocycles. The molecule has 2 rings (SSSR count). The van der Waals surface area contributed by atoms with Crippen molar-refractivity contribution in [3.05, 3.63) is 16.7 Å². The largest absolute Gasteiger partial charge is 0.396 e. The van der Waals surface area contributed by atoms with E-state index in [-0.39, 0.29) is 36.6 Å². The first-order chi connectivity index (χ1) is 8.58. The molecule has 0 aliphatic heterocycles. The zero-order valence-electron chi connectivity index (χ0n) is 9.87. The fraction of sp³-hybridized carbons (Fsp3) is 0.500. The van der Waals surface area contributed by atoms with Crippen molar-refractivity contribution in [3.63, 3.8) is 0 Å². The Morgan fingerprint density at radius 3 is 2.78 bits per heavy atom. The lowest BCUT2D eigenvalue weighted by Gasteiger charge is -2.21. The molecule has 0 fully saturated rings. The van der Waals surface area contributed by atoms with Crippen LogP contribution in [0.3, 0.4) is 0 Å². The van der Waals surface area contributed by atoms with Gasteiger partial charge in [0.2, 0.25) is 5.95 Å². The molecular weight excluding hydrogens is 238 g/mol. The van der Waals surface area contributed by atoms with E-state index >= 15 is 0 Å². The zero-order chi connectivity index (χ0) is 13.3. The Morgan fingerprint density at radius 2 is 2.17 bits per heavy atom. The van der Waals surface area contributed by atoms with Gasteiger partial charge < -0.3 is 20.5 Å². The highest BCUT2D eigenvalue weighted by molar-refractivity contribution is 5.70. The van der Waals surface area contributed by atoms with Crippen molar-refractivity contribution in [1.29, 1.82) is 0 Å². The SMILES string of the molecule is CC(C(CO)CO)n1cnc2c(=O)[nH]c(N)nc21. The first-order valence-electron chi connectivity index (χ1n) is 5.52. The van der Waals surface area contributed by atoms with Crippen LogP contribution in [0.2, 0.25) is 0 Å². The molecule has 0 spiro atoms. The fourth-order valence-corrected chi connectivity index (χ4v) is 1.83. The zero-order valence-corrected chi connectivity index (χ0v) is 9.87. The van der Waals surface area contributed by atoms with Gasteiger partial charge in [-0.3, -0.25) is 9.78 Å². The Morgan fingerprint density at radius 1 is 1.50 bits per heavy atom. The van der Waals surface area contributed by atoms with Gasteiger partial charge in [0.25, 0.3) is 5.56 Å². The standard InChI is InChI=1S/C10H15N5O3/c1-5(6(2-16)3-17)15-4-12-7-8(15)13-10(11)14-9(7)18/h4-6,16-17H,2-3H2,1H3,(H3,11,13,14,18). The predicted molar refractivity (Wildman–Crippen MR) is 64.9 cm³/mol. The minimum Gasteiger partial charge on any atom is -0.396 e. The van der Waals surface area contributed by atoms with Crippen molar-refractivity contribution in [2.24, 2.45) is 5.92 Å². The highest BCUT2D eigenvalue weighted by Crippen LogP contribution is 2.20. The molecule has 0 aliphatic carbocycles. The second-order valence-electron chi connectivity index (χ2n) is 4.14. The number of aromatic amines is 1. The number of nitrogen functional groups attached to an aromatic ring is 1. The summed E-state index contributed by atoms with van der Waals surface area (Å²) in [5.74, 6) is -0.351. The number of anilines is 1. The van der Waals surface area contributed by atoms with E-state index in [0.717, 1.165) is 0 Å². The summed E-state index contributed by atoms with van der Waals surface area (Å²) in [7, 11) is 0. The van der Waals surface area contributed by atoms with Gasteiger partial charge in [0.05, 0.1) is 19.5 Å². The molecule has 0 radical (unpaired) electrons. The molecule has 2 heterocycles. The van der Waals surface area contributed by atoms with Crippen molar-refractivity contribution < 1.29 is 10.2 Å². The smallest absolute Gasteiger partial charge is 0.280 e. The number of aromatic nitrogens is 4. The van der Waals surface area contributed by atoms with Gasteiger partial charge in [0.1, 0.15) is 0 Å². The van der Waals surface area contributed by atoms with Crippen LogP contribution in [0.15, 0.2) is 11.1 Å². The second-order valence-corrected chi connectivity index (χ2v) is 4.14. The molecule has 1 atom stereocenters. The van der Waals surface area contributed by atoms with Crippen molar-refractivity contribution in [3.8, 4) is 0 Å². The molecule has 0 aliphatic rings. The number of aliphatic hydroxyl groups excluding tert-OH is 2. The highest BCUT2D eigenvalue weighted by atomic mass is 16.3. The number of fused-ring (bicyclic) bond motifs is 1. The molecule has 0 aromatic carbocycles. The third-order valence-electron chi connectivity index (χ3n) is 3.04. The second kappa shape index (κ2) is 4.75. The number of nitrogens with zero attached hydrogens (tertiary/aromatic N) is 3. The van der Waals surface area contributed by atoms with E-state index in [4.69, 9.17) is 15.9 Å². The summed E-state index contributed by atoms with van der Waals surface area (Å²) in [5, 5.41) is 18.3. The molecular formula is C10H15N5O3. The van der Waals surface area contributed by atoms with E-state index in [2.05, 4.69) is 15.0 Å². The lowest BCUT2D eigenvalue weighted by atomic mass is 10.0. The van der Waals surface area contributed by atoms with Crippen LogP contribution in [0.1, 0.15) is 13.0 Å². The lowest BCUT2D eigenvalue weighted by molar-refractivity contribution is 0.116. The Kier molecular flexibility index (Phi) is 3.30. The molecule has 8 heteroatoms. The third kappa shape index (κ3) is 1.95. The molecule has 0 amide bonds. The van der Waals surface area contributed by atoms with Crippen molar-refractivity contribution >= 4 is 17.1 Å². The van der Waals surface area contributed by atoms with Gasteiger partial charge >= 0.3 is 0 Å². The molecule has 0 saturated carbocycles.